The lowest BCUT2D eigenvalue weighted by Crippen LogP contribution is -2.45. The fourth-order valence-electron chi connectivity index (χ4n) is 4.19. The first-order chi connectivity index (χ1) is 15.2. The summed E-state index contributed by atoms with van der Waals surface area (Å²) in [6.07, 6.45) is 6.13. The van der Waals surface area contributed by atoms with Gasteiger partial charge in [0.05, 0.1) is 30.0 Å². The lowest BCUT2D eigenvalue weighted by Gasteiger charge is -2.29. The highest BCUT2D eigenvalue weighted by Crippen LogP contribution is 2.33. The molecule has 1 atom stereocenters. The molecule has 1 aliphatic carbocycles. The second-order valence-corrected chi connectivity index (χ2v) is 7.85. The van der Waals surface area contributed by atoms with Crippen LogP contribution in [0.5, 0.6) is 5.75 Å². The first-order valence-electron chi connectivity index (χ1n) is 11.0. The zero-order valence-corrected chi connectivity index (χ0v) is 17.7. The predicted molar refractivity (Wildman–Crippen MR) is 118 cm³/mol. The number of amides is 2. The van der Waals surface area contributed by atoms with Crippen LogP contribution in [0.3, 0.4) is 0 Å². The van der Waals surface area contributed by atoms with E-state index in [1.807, 2.05) is 54.6 Å². The Balaban J connectivity index is 1.66. The van der Waals surface area contributed by atoms with Crippen LogP contribution in [-0.4, -0.2) is 24.7 Å². The Kier molecular flexibility index (Phi) is 6.55. The summed E-state index contributed by atoms with van der Waals surface area (Å²) in [4.78, 5) is 25.4. The number of nitrogens with one attached hydrogen (secondary N) is 2. The smallest absolute Gasteiger partial charge is 0.338 e. The minimum Gasteiger partial charge on any atom is -0.490 e. The second kappa shape index (κ2) is 9.69. The molecule has 2 N–H and O–H groups in total. The number of urea groups is 1. The standard InChI is InChI=1S/C25H28N2O4/c1-2-30-24(28)21-22(17-9-5-3-6-10-17)26-25(29)27-23(21)18-13-15-20(16-14-18)31-19-11-7-4-8-12-19/h3,5-6,9-10,13-16,19,23H,2,4,7-8,11-12H2,1H3,(H2,26,27,29). The van der Waals surface area contributed by atoms with Crippen LogP contribution >= 0.6 is 0 Å². The molecule has 0 radical (unpaired) electrons. The monoisotopic (exact) mass is 420 g/mol. The van der Waals surface area contributed by atoms with Crippen LogP contribution in [-0.2, 0) is 9.53 Å². The van der Waals surface area contributed by atoms with Gasteiger partial charge in [-0.1, -0.05) is 48.9 Å². The molecule has 2 aromatic rings. The first kappa shape index (κ1) is 21.0. The van der Waals surface area contributed by atoms with E-state index in [0.29, 0.717) is 11.3 Å². The summed E-state index contributed by atoms with van der Waals surface area (Å²) in [6, 6.07) is 16.0. The van der Waals surface area contributed by atoms with Crippen LogP contribution in [0.25, 0.3) is 5.70 Å². The molecule has 0 aromatic heterocycles. The Hall–Kier alpha value is -3.28. The van der Waals surface area contributed by atoms with Crippen molar-refractivity contribution >= 4 is 17.7 Å². The molecule has 31 heavy (non-hydrogen) atoms. The van der Waals surface area contributed by atoms with Crippen molar-refractivity contribution < 1.29 is 19.1 Å². The van der Waals surface area contributed by atoms with Crippen LogP contribution in [0.1, 0.15) is 56.2 Å². The van der Waals surface area contributed by atoms with Gasteiger partial charge in [0.2, 0.25) is 0 Å². The van der Waals surface area contributed by atoms with Gasteiger partial charge in [-0.3, -0.25) is 0 Å². The molecular formula is C25H28N2O4. The van der Waals surface area contributed by atoms with Crippen molar-refractivity contribution in [2.45, 2.75) is 51.2 Å². The largest absolute Gasteiger partial charge is 0.490 e. The van der Waals surface area contributed by atoms with E-state index in [1.54, 1.807) is 6.92 Å². The number of benzene rings is 2. The minimum absolute atomic E-state index is 0.249. The van der Waals surface area contributed by atoms with Crippen molar-refractivity contribution in [1.82, 2.24) is 10.6 Å². The third kappa shape index (κ3) is 4.90. The Morgan fingerprint density at radius 1 is 1.00 bits per heavy atom. The van der Waals surface area contributed by atoms with Crippen LogP contribution in [0.4, 0.5) is 4.79 Å². The van der Waals surface area contributed by atoms with Gasteiger partial charge in [-0.2, -0.15) is 0 Å². The van der Waals surface area contributed by atoms with Crippen molar-refractivity contribution in [3.8, 4) is 5.75 Å². The number of hydrogen-bond acceptors (Lipinski definition) is 4. The molecular weight excluding hydrogens is 392 g/mol. The van der Waals surface area contributed by atoms with Gasteiger partial charge in [0.15, 0.2) is 0 Å². The van der Waals surface area contributed by atoms with E-state index in [-0.39, 0.29) is 18.7 Å². The molecule has 2 aromatic carbocycles. The van der Waals surface area contributed by atoms with Gasteiger partial charge in [0, 0.05) is 0 Å². The third-order valence-electron chi connectivity index (χ3n) is 5.70. The molecule has 6 heteroatoms. The Labute approximate surface area is 182 Å². The van der Waals surface area contributed by atoms with E-state index in [0.717, 1.165) is 29.7 Å². The fraction of sp³-hybridized carbons (Fsp3) is 0.360. The number of hydrogen-bond donors (Lipinski definition) is 2. The molecule has 1 unspecified atom stereocenters. The van der Waals surface area contributed by atoms with E-state index < -0.39 is 12.0 Å². The van der Waals surface area contributed by atoms with Crippen molar-refractivity contribution in [3.05, 3.63) is 71.3 Å². The summed E-state index contributed by atoms with van der Waals surface area (Å²) in [5, 5.41) is 5.66. The molecule has 4 rings (SSSR count). The van der Waals surface area contributed by atoms with E-state index in [4.69, 9.17) is 9.47 Å². The van der Waals surface area contributed by atoms with Gasteiger partial charge in [-0.15, -0.1) is 0 Å². The third-order valence-corrected chi connectivity index (χ3v) is 5.70. The normalized spacial score (nSPS) is 19.4. The van der Waals surface area contributed by atoms with Crippen molar-refractivity contribution in [3.63, 3.8) is 0 Å². The van der Waals surface area contributed by atoms with Crippen LogP contribution in [0.2, 0.25) is 0 Å². The van der Waals surface area contributed by atoms with E-state index in [9.17, 15) is 9.59 Å². The van der Waals surface area contributed by atoms with Crippen LogP contribution in [0.15, 0.2) is 60.2 Å². The maximum Gasteiger partial charge on any atom is 0.338 e. The molecule has 162 valence electrons. The van der Waals surface area contributed by atoms with Crippen LogP contribution in [0, 0.1) is 0 Å². The summed E-state index contributed by atoms with van der Waals surface area (Å²) in [5.41, 5.74) is 2.40. The topological polar surface area (TPSA) is 76.7 Å². The van der Waals surface area contributed by atoms with E-state index in [1.165, 1.54) is 19.3 Å². The van der Waals surface area contributed by atoms with Gasteiger partial charge >= 0.3 is 12.0 Å². The lowest BCUT2D eigenvalue weighted by atomic mass is 9.92. The van der Waals surface area contributed by atoms with Crippen molar-refractivity contribution in [1.29, 1.82) is 0 Å². The molecule has 2 aliphatic rings. The molecule has 0 saturated heterocycles. The zero-order valence-electron chi connectivity index (χ0n) is 17.7. The Bertz CT molecular complexity index is 947. The highest BCUT2D eigenvalue weighted by molar-refractivity contribution is 6.04. The predicted octanol–water partition coefficient (Wildman–Crippen LogP) is 4.73. The summed E-state index contributed by atoms with van der Waals surface area (Å²) in [5.74, 6) is 0.349. The molecule has 2 amide bonds. The highest BCUT2D eigenvalue weighted by Gasteiger charge is 2.34. The molecule has 1 fully saturated rings. The maximum atomic E-state index is 12.9. The first-order valence-corrected chi connectivity index (χ1v) is 11.0. The van der Waals surface area contributed by atoms with E-state index >= 15 is 0 Å². The molecule has 1 saturated carbocycles. The van der Waals surface area contributed by atoms with E-state index in [2.05, 4.69) is 10.6 Å². The zero-order chi connectivity index (χ0) is 21.6. The maximum absolute atomic E-state index is 12.9. The van der Waals surface area contributed by atoms with Gasteiger partial charge < -0.3 is 20.1 Å². The average molecular weight is 421 g/mol. The van der Waals surface area contributed by atoms with Gasteiger partial charge in [0.25, 0.3) is 0 Å². The van der Waals surface area contributed by atoms with Crippen molar-refractivity contribution in [2.75, 3.05) is 6.61 Å². The highest BCUT2D eigenvalue weighted by atomic mass is 16.5. The van der Waals surface area contributed by atoms with Crippen LogP contribution < -0.4 is 15.4 Å². The van der Waals surface area contributed by atoms with Gasteiger partial charge in [-0.25, -0.2) is 9.59 Å². The summed E-state index contributed by atoms with van der Waals surface area (Å²) in [6.45, 7) is 2.02. The Morgan fingerprint density at radius 3 is 2.39 bits per heavy atom. The van der Waals surface area contributed by atoms with Gasteiger partial charge in [-0.05, 0) is 55.9 Å². The molecule has 1 heterocycles. The van der Waals surface area contributed by atoms with Crippen molar-refractivity contribution in [2.24, 2.45) is 0 Å². The Morgan fingerprint density at radius 2 is 1.71 bits per heavy atom. The molecule has 0 bridgehead atoms. The lowest BCUT2D eigenvalue weighted by molar-refractivity contribution is -0.138. The molecule has 6 nitrogen and oxygen atoms in total. The fourth-order valence-corrected chi connectivity index (χ4v) is 4.19. The minimum atomic E-state index is -0.619. The summed E-state index contributed by atoms with van der Waals surface area (Å²) < 4.78 is 11.5. The summed E-state index contributed by atoms with van der Waals surface area (Å²) >= 11 is 0. The quantitative estimate of drug-likeness (QED) is 0.663. The number of carbonyl (C=O) groups excluding carboxylic acids is 2. The molecule has 1 aliphatic heterocycles. The summed E-state index contributed by atoms with van der Waals surface area (Å²) in [7, 11) is 0. The molecule has 0 spiro atoms. The number of carbonyl (C=O) groups is 2. The number of esters is 1. The SMILES string of the molecule is CCOC(=O)C1=C(c2ccccc2)NC(=O)NC1c1ccc(OC2CCCCC2)cc1. The average Bonchev–Trinajstić information content (AvgIpc) is 2.80. The van der Waals surface area contributed by atoms with Gasteiger partial charge in [0.1, 0.15) is 5.75 Å². The number of rotatable bonds is 6. The number of ether oxygens (including phenoxy) is 2. The second-order valence-electron chi connectivity index (χ2n) is 7.85.